The molecule has 0 saturated carbocycles. The molecular weight excluding hydrogens is 190 g/mol. The monoisotopic (exact) mass is 211 g/mol. The molecule has 15 heavy (non-hydrogen) atoms. The molecule has 4 heteroatoms. The first-order chi connectivity index (χ1) is 7.13. The van der Waals surface area contributed by atoms with E-state index in [9.17, 15) is 0 Å². The lowest BCUT2D eigenvalue weighted by Gasteiger charge is -2.17. The molecule has 1 unspecified atom stereocenters. The summed E-state index contributed by atoms with van der Waals surface area (Å²) in [5.41, 5.74) is 1.04. The van der Waals surface area contributed by atoms with E-state index < -0.39 is 0 Å². The van der Waals surface area contributed by atoms with Crippen molar-refractivity contribution in [2.24, 2.45) is 7.05 Å². The number of hydrogen-bond donors (Lipinski definition) is 1. The zero-order valence-corrected chi connectivity index (χ0v) is 10.0. The van der Waals surface area contributed by atoms with Crippen LogP contribution >= 0.6 is 0 Å². The van der Waals surface area contributed by atoms with Gasteiger partial charge in [-0.3, -0.25) is 0 Å². The highest BCUT2D eigenvalue weighted by Crippen LogP contribution is 2.11. The number of nitrogens with one attached hydrogen (secondary N) is 1. The molecule has 0 aliphatic rings. The van der Waals surface area contributed by atoms with Crippen molar-refractivity contribution in [1.82, 2.24) is 14.9 Å². The average Bonchev–Trinajstić information content (AvgIpc) is 2.59. The molecule has 1 aromatic heterocycles. The van der Waals surface area contributed by atoms with E-state index in [1.807, 2.05) is 38.0 Å². The fourth-order valence-corrected chi connectivity index (χ4v) is 1.40. The Kier molecular flexibility index (Phi) is 4.78. The standard InChI is InChI=1S/C11H21N3O/c1-5-12-11(7-15-9(2)3)10-6-14(4)8-13-10/h6,8-9,11-12H,5,7H2,1-4H3. The topological polar surface area (TPSA) is 39.1 Å². The molecule has 1 aromatic rings. The summed E-state index contributed by atoms with van der Waals surface area (Å²) in [6.07, 6.45) is 4.10. The zero-order chi connectivity index (χ0) is 11.3. The second-order valence-corrected chi connectivity index (χ2v) is 3.96. The van der Waals surface area contributed by atoms with Crippen LogP contribution in [0.5, 0.6) is 0 Å². The summed E-state index contributed by atoms with van der Waals surface area (Å²) < 4.78 is 7.56. The first kappa shape index (κ1) is 12.2. The van der Waals surface area contributed by atoms with Crippen molar-refractivity contribution < 1.29 is 4.74 Å². The van der Waals surface area contributed by atoms with Gasteiger partial charge in [0.1, 0.15) is 0 Å². The molecule has 0 aliphatic heterocycles. The molecule has 1 atom stereocenters. The van der Waals surface area contributed by atoms with Crippen LogP contribution in [0.15, 0.2) is 12.5 Å². The number of aryl methyl sites for hydroxylation is 1. The molecule has 0 radical (unpaired) electrons. The highest BCUT2D eigenvalue weighted by atomic mass is 16.5. The highest BCUT2D eigenvalue weighted by Gasteiger charge is 2.13. The van der Waals surface area contributed by atoms with Gasteiger partial charge in [-0.15, -0.1) is 0 Å². The van der Waals surface area contributed by atoms with Crippen molar-refractivity contribution in [2.75, 3.05) is 13.2 Å². The van der Waals surface area contributed by atoms with E-state index in [0.717, 1.165) is 12.2 Å². The molecule has 0 amide bonds. The minimum absolute atomic E-state index is 0.193. The van der Waals surface area contributed by atoms with Crippen molar-refractivity contribution in [3.63, 3.8) is 0 Å². The quantitative estimate of drug-likeness (QED) is 0.775. The van der Waals surface area contributed by atoms with Gasteiger partial charge in [-0.05, 0) is 20.4 Å². The van der Waals surface area contributed by atoms with Crippen molar-refractivity contribution in [3.05, 3.63) is 18.2 Å². The van der Waals surface area contributed by atoms with E-state index in [1.165, 1.54) is 0 Å². The van der Waals surface area contributed by atoms with Crippen LogP contribution in [0.3, 0.4) is 0 Å². The Bertz CT molecular complexity index is 283. The van der Waals surface area contributed by atoms with Crippen LogP contribution in [-0.2, 0) is 11.8 Å². The summed E-state index contributed by atoms with van der Waals surface area (Å²) in [6, 6.07) is 0.193. The van der Waals surface area contributed by atoms with E-state index in [-0.39, 0.29) is 12.1 Å². The van der Waals surface area contributed by atoms with Crippen molar-refractivity contribution in [1.29, 1.82) is 0 Å². The smallest absolute Gasteiger partial charge is 0.0947 e. The molecule has 4 nitrogen and oxygen atoms in total. The molecule has 0 fully saturated rings. The van der Waals surface area contributed by atoms with Gasteiger partial charge in [0.05, 0.1) is 30.8 Å². The number of ether oxygens (including phenoxy) is 1. The Morgan fingerprint density at radius 3 is 2.73 bits per heavy atom. The van der Waals surface area contributed by atoms with Gasteiger partial charge in [0, 0.05) is 13.2 Å². The first-order valence-electron chi connectivity index (χ1n) is 5.46. The normalized spacial score (nSPS) is 13.4. The predicted octanol–water partition coefficient (Wildman–Crippen LogP) is 1.50. The van der Waals surface area contributed by atoms with Gasteiger partial charge in [0.25, 0.3) is 0 Å². The summed E-state index contributed by atoms with van der Waals surface area (Å²) in [7, 11) is 1.98. The van der Waals surface area contributed by atoms with Crippen molar-refractivity contribution >= 4 is 0 Å². The molecular formula is C11H21N3O. The number of nitrogens with zero attached hydrogens (tertiary/aromatic N) is 2. The lowest BCUT2D eigenvalue weighted by molar-refractivity contribution is 0.0607. The largest absolute Gasteiger partial charge is 0.377 e. The molecule has 1 N–H and O–H groups in total. The van der Waals surface area contributed by atoms with E-state index in [4.69, 9.17) is 4.74 Å². The lowest BCUT2D eigenvalue weighted by Crippen LogP contribution is -2.27. The number of aromatic nitrogens is 2. The Hall–Kier alpha value is -0.870. The van der Waals surface area contributed by atoms with Crippen LogP contribution in [-0.4, -0.2) is 28.8 Å². The maximum atomic E-state index is 5.61. The summed E-state index contributed by atoms with van der Waals surface area (Å²) in [4.78, 5) is 4.33. The van der Waals surface area contributed by atoms with E-state index in [0.29, 0.717) is 6.61 Å². The summed E-state index contributed by atoms with van der Waals surface area (Å²) in [5, 5.41) is 3.37. The van der Waals surface area contributed by atoms with Crippen molar-refractivity contribution in [3.8, 4) is 0 Å². The predicted molar refractivity (Wildman–Crippen MR) is 60.7 cm³/mol. The van der Waals surface area contributed by atoms with Gasteiger partial charge in [-0.25, -0.2) is 4.98 Å². The SMILES string of the molecule is CCNC(COC(C)C)c1cn(C)cn1. The number of likely N-dealkylation sites (N-methyl/N-ethyl adjacent to an activating group) is 1. The van der Waals surface area contributed by atoms with E-state index in [1.54, 1.807) is 0 Å². The van der Waals surface area contributed by atoms with Crippen LogP contribution in [0.2, 0.25) is 0 Å². The molecule has 1 rings (SSSR count). The van der Waals surface area contributed by atoms with Crippen LogP contribution in [0.25, 0.3) is 0 Å². The summed E-state index contributed by atoms with van der Waals surface area (Å²) in [5.74, 6) is 0. The highest BCUT2D eigenvalue weighted by molar-refractivity contribution is 5.03. The minimum Gasteiger partial charge on any atom is -0.377 e. The maximum absolute atomic E-state index is 5.61. The molecule has 0 aromatic carbocycles. The zero-order valence-electron chi connectivity index (χ0n) is 10.0. The van der Waals surface area contributed by atoms with E-state index >= 15 is 0 Å². The third kappa shape index (κ3) is 4.01. The fraction of sp³-hybridized carbons (Fsp3) is 0.727. The van der Waals surface area contributed by atoms with Crippen LogP contribution in [0.4, 0.5) is 0 Å². The van der Waals surface area contributed by atoms with Crippen LogP contribution < -0.4 is 5.32 Å². The molecule has 0 saturated heterocycles. The van der Waals surface area contributed by atoms with Gasteiger partial charge >= 0.3 is 0 Å². The first-order valence-corrected chi connectivity index (χ1v) is 5.46. The second-order valence-electron chi connectivity index (χ2n) is 3.96. The number of hydrogen-bond acceptors (Lipinski definition) is 3. The van der Waals surface area contributed by atoms with Crippen LogP contribution in [0, 0.1) is 0 Å². The Labute approximate surface area is 91.7 Å². The Morgan fingerprint density at radius 1 is 1.53 bits per heavy atom. The third-order valence-electron chi connectivity index (χ3n) is 2.13. The minimum atomic E-state index is 0.193. The summed E-state index contributed by atoms with van der Waals surface area (Å²) in [6.45, 7) is 7.76. The molecule has 0 aliphatic carbocycles. The maximum Gasteiger partial charge on any atom is 0.0947 e. The van der Waals surface area contributed by atoms with Gasteiger partial charge in [-0.1, -0.05) is 6.92 Å². The van der Waals surface area contributed by atoms with Gasteiger partial charge in [0.2, 0.25) is 0 Å². The molecule has 86 valence electrons. The van der Waals surface area contributed by atoms with E-state index in [2.05, 4.69) is 17.2 Å². The summed E-state index contributed by atoms with van der Waals surface area (Å²) >= 11 is 0. The Morgan fingerprint density at radius 2 is 2.27 bits per heavy atom. The molecule has 0 spiro atoms. The fourth-order valence-electron chi connectivity index (χ4n) is 1.40. The number of rotatable bonds is 6. The number of imidazole rings is 1. The molecule has 1 heterocycles. The van der Waals surface area contributed by atoms with Gasteiger partial charge in [0.15, 0.2) is 0 Å². The van der Waals surface area contributed by atoms with Gasteiger partial charge in [-0.2, -0.15) is 0 Å². The second kappa shape index (κ2) is 5.88. The van der Waals surface area contributed by atoms with Crippen molar-refractivity contribution in [2.45, 2.75) is 32.9 Å². The lowest BCUT2D eigenvalue weighted by atomic mass is 10.2. The third-order valence-corrected chi connectivity index (χ3v) is 2.13. The molecule has 0 bridgehead atoms. The Balaban J connectivity index is 2.57. The van der Waals surface area contributed by atoms with Gasteiger partial charge < -0.3 is 14.6 Å². The van der Waals surface area contributed by atoms with Crippen LogP contribution in [0.1, 0.15) is 32.5 Å². The average molecular weight is 211 g/mol.